The van der Waals surface area contributed by atoms with Crippen LogP contribution in [0.3, 0.4) is 0 Å². The van der Waals surface area contributed by atoms with Crippen molar-refractivity contribution in [2.75, 3.05) is 47.6 Å². The number of ether oxygens (including phenoxy) is 3. The van der Waals surface area contributed by atoms with E-state index >= 15 is 0 Å². The molecule has 26 heavy (non-hydrogen) atoms. The number of aryl methyl sites for hydroxylation is 1. The average Bonchev–Trinajstić information content (AvgIpc) is 3.02. The van der Waals surface area contributed by atoms with Gasteiger partial charge in [0.15, 0.2) is 11.8 Å². The maximum Gasteiger partial charge on any atom is 0.191 e. The second-order valence-corrected chi connectivity index (χ2v) is 5.90. The van der Waals surface area contributed by atoms with Crippen LogP contribution in [0.4, 0.5) is 0 Å². The number of halogens is 1. The summed E-state index contributed by atoms with van der Waals surface area (Å²) in [6, 6.07) is 0.286. The van der Waals surface area contributed by atoms with Gasteiger partial charge in [0, 0.05) is 46.9 Å². The third-order valence-corrected chi connectivity index (χ3v) is 3.93. The smallest absolute Gasteiger partial charge is 0.191 e. The summed E-state index contributed by atoms with van der Waals surface area (Å²) < 4.78 is 17.5. The van der Waals surface area contributed by atoms with E-state index in [4.69, 9.17) is 14.2 Å². The molecule has 0 fully saturated rings. The lowest BCUT2D eigenvalue weighted by atomic mass is 10.1. The highest BCUT2D eigenvalue weighted by atomic mass is 127. The molecule has 2 N–H and O–H groups in total. The summed E-state index contributed by atoms with van der Waals surface area (Å²) in [5, 5.41) is 11.3. The number of hydrogen-bond acceptors (Lipinski definition) is 6. The number of aliphatic imine (C=N–C) groups is 1. The number of rotatable bonds is 10. The van der Waals surface area contributed by atoms with Crippen molar-refractivity contribution in [2.24, 2.45) is 4.99 Å². The number of nitrogens with zero attached hydrogens (tertiary/aromatic N) is 4. The maximum atomic E-state index is 5.45. The van der Waals surface area contributed by atoms with Gasteiger partial charge in [-0.05, 0) is 12.8 Å². The van der Waals surface area contributed by atoms with Gasteiger partial charge in [-0.1, -0.05) is 0 Å². The quantitative estimate of drug-likeness (QED) is 0.218. The summed E-state index contributed by atoms with van der Waals surface area (Å²) >= 11 is 0. The lowest BCUT2D eigenvalue weighted by molar-refractivity contribution is 0.0698. The predicted octanol–water partition coefficient (Wildman–Crippen LogP) is 0.575. The Kier molecular flexibility index (Phi) is 11.7. The summed E-state index contributed by atoms with van der Waals surface area (Å²) in [6.45, 7) is 4.03. The van der Waals surface area contributed by atoms with Crippen LogP contribution in [0.25, 0.3) is 0 Å². The second kappa shape index (κ2) is 13.2. The van der Waals surface area contributed by atoms with E-state index in [0.717, 1.165) is 50.0 Å². The lowest BCUT2D eigenvalue weighted by Crippen LogP contribution is -2.47. The molecule has 0 radical (unpaired) electrons. The van der Waals surface area contributed by atoms with Crippen molar-refractivity contribution in [1.82, 2.24) is 25.4 Å². The minimum absolute atomic E-state index is 0. The normalized spacial score (nSPS) is 16.7. The van der Waals surface area contributed by atoms with E-state index in [-0.39, 0.29) is 30.0 Å². The van der Waals surface area contributed by atoms with Crippen LogP contribution in [0, 0.1) is 0 Å². The summed E-state index contributed by atoms with van der Waals surface area (Å²) in [6.07, 6.45) is 2.83. The largest absolute Gasteiger partial charge is 0.382 e. The molecule has 0 saturated carbocycles. The van der Waals surface area contributed by atoms with Crippen molar-refractivity contribution in [3.05, 3.63) is 11.6 Å². The Labute approximate surface area is 172 Å². The zero-order valence-electron chi connectivity index (χ0n) is 15.9. The molecular formula is C16H31IN6O3. The van der Waals surface area contributed by atoms with Crippen LogP contribution in [0.5, 0.6) is 0 Å². The zero-order valence-corrected chi connectivity index (χ0v) is 18.2. The van der Waals surface area contributed by atoms with Crippen LogP contribution in [0.2, 0.25) is 0 Å². The molecule has 0 amide bonds. The van der Waals surface area contributed by atoms with Gasteiger partial charge in [0.25, 0.3) is 0 Å². The van der Waals surface area contributed by atoms with Gasteiger partial charge < -0.3 is 24.8 Å². The van der Waals surface area contributed by atoms with Gasteiger partial charge in [-0.25, -0.2) is 9.67 Å². The molecular weight excluding hydrogens is 451 g/mol. The van der Waals surface area contributed by atoms with Crippen LogP contribution in [0.15, 0.2) is 4.99 Å². The van der Waals surface area contributed by atoms with Crippen molar-refractivity contribution in [2.45, 2.75) is 38.5 Å². The molecule has 0 aliphatic carbocycles. The van der Waals surface area contributed by atoms with Crippen molar-refractivity contribution in [3.63, 3.8) is 0 Å². The molecule has 150 valence electrons. The lowest BCUT2D eigenvalue weighted by Gasteiger charge is -2.25. The highest BCUT2D eigenvalue weighted by molar-refractivity contribution is 14.0. The SMILES string of the molecule is CN=C(NCCCOCCOC)NC1CCc2nc(COC)nn2C1.I. The van der Waals surface area contributed by atoms with Crippen LogP contribution >= 0.6 is 24.0 Å². The van der Waals surface area contributed by atoms with E-state index in [9.17, 15) is 0 Å². The standard InChI is InChI=1S/C16H30N6O3.HI/c1-17-16(18-7-4-8-25-10-9-23-2)19-13-5-6-15-20-14(12-24-3)21-22(15)11-13;/h13H,4-12H2,1-3H3,(H2,17,18,19);1H. The molecule has 9 nitrogen and oxygen atoms in total. The van der Waals surface area contributed by atoms with Crippen molar-refractivity contribution >= 4 is 29.9 Å². The summed E-state index contributed by atoms with van der Waals surface area (Å²) in [4.78, 5) is 8.78. The van der Waals surface area contributed by atoms with Gasteiger partial charge in [0.2, 0.25) is 0 Å². The molecule has 0 saturated heterocycles. The Morgan fingerprint density at radius 3 is 2.85 bits per heavy atom. The first-order valence-electron chi connectivity index (χ1n) is 8.72. The molecule has 1 aliphatic heterocycles. The molecule has 0 bridgehead atoms. The van der Waals surface area contributed by atoms with Crippen molar-refractivity contribution < 1.29 is 14.2 Å². The molecule has 1 aromatic heterocycles. The average molecular weight is 482 g/mol. The highest BCUT2D eigenvalue weighted by Gasteiger charge is 2.22. The Hall–Kier alpha value is -0.980. The number of hydrogen-bond donors (Lipinski definition) is 2. The second-order valence-electron chi connectivity index (χ2n) is 5.90. The molecule has 1 atom stereocenters. The number of methoxy groups -OCH3 is 2. The first-order chi connectivity index (χ1) is 12.3. The van der Waals surface area contributed by atoms with Crippen molar-refractivity contribution in [3.8, 4) is 0 Å². The third kappa shape index (κ3) is 7.72. The number of fused-ring (bicyclic) bond motifs is 1. The monoisotopic (exact) mass is 482 g/mol. The van der Waals surface area contributed by atoms with Gasteiger partial charge in [0.05, 0.1) is 19.8 Å². The maximum absolute atomic E-state index is 5.45. The Bertz CT molecular complexity index is 540. The zero-order chi connectivity index (χ0) is 17.9. The molecule has 0 aromatic carbocycles. The van der Waals surface area contributed by atoms with Gasteiger partial charge in [-0.3, -0.25) is 4.99 Å². The predicted molar refractivity (Wildman–Crippen MR) is 110 cm³/mol. The first kappa shape index (κ1) is 23.1. The minimum atomic E-state index is 0. The fourth-order valence-electron chi connectivity index (χ4n) is 2.68. The molecule has 2 heterocycles. The summed E-state index contributed by atoms with van der Waals surface area (Å²) in [5.74, 6) is 2.58. The molecule has 10 heteroatoms. The summed E-state index contributed by atoms with van der Waals surface area (Å²) in [5.41, 5.74) is 0. The Balaban J connectivity index is 0.00000338. The van der Waals surface area contributed by atoms with E-state index in [1.54, 1.807) is 21.3 Å². The van der Waals surface area contributed by atoms with Crippen LogP contribution < -0.4 is 10.6 Å². The van der Waals surface area contributed by atoms with Gasteiger partial charge in [-0.15, -0.1) is 24.0 Å². The molecule has 0 spiro atoms. The van der Waals surface area contributed by atoms with Gasteiger partial charge in [-0.2, -0.15) is 5.10 Å². The van der Waals surface area contributed by atoms with Gasteiger partial charge in [0.1, 0.15) is 12.4 Å². The molecule has 1 aliphatic rings. The van der Waals surface area contributed by atoms with Crippen molar-refractivity contribution in [1.29, 1.82) is 0 Å². The van der Waals surface area contributed by atoms with E-state index in [1.165, 1.54) is 0 Å². The number of nitrogens with one attached hydrogen (secondary N) is 2. The van der Waals surface area contributed by atoms with Crippen LogP contribution in [-0.2, 0) is 33.8 Å². The molecule has 2 rings (SSSR count). The van der Waals surface area contributed by atoms with E-state index in [0.29, 0.717) is 26.4 Å². The van der Waals surface area contributed by atoms with Crippen LogP contribution in [-0.4, -0.2) is 74.4 Å². The highest BCUT2D eigenvalue weighted by Crippen LogP contribution is 2.13. The third-order valence-electron chi connectivity index (χ3n) is 3.93. The van der Waals surface area contributed by atoms with Gasteiger partial charge >= 0.3 is 0 Å². The fraction of sp³-hybridized carbons (Fsp3) is 0.812. The minimum Gasteiger partial charge on any atom is -0.382 e. The Morgan fingerprint density at radius 1 is 1.27 bits per heavy atom. The topological polar surface area (TPSA) is 94.8 Å². The van der Waals surface area contributed by atoms with E-state index < -0.39 is 0 Å². The number of aromatic nitrogens is 3. The van der Waals surface area contributed by atoms with E-state index in [2.05, 4.69) is 25.7 Å². The molecule has 1 unspecified atom stereocenters. The van der Waals surface area contributed by atoms with E-state index in [1.807, 2.05) is 4.68 Å². The van der Waals surface area contributed by atoms with Crippen LogP contribution in [0.1, 0.15) is 24.5 Å². The molecule has 1 aromatic rings. The summed E-state index contributed by atoms with van der Waals surface area (Å²) in [7, 11) is 5.11. The number of guanidine groups is 1. The Morgan fingerprint density at radius 2 is 2.12 bits per heavy atom. The fourth-order valence-corrected chi connectivity index (χ4v) is 2.68. The first-order valence-corrected chi connectivity index (χ1v) is 8.72.